The van der Waals surface area contributed by atoms with E-state index in [0.29, 0.717) is 5.41 Å². The van der Waals surface area contributed by atoms with Crippen molar-refractivity contribution in [3.8, 4) is 0 Å². The molecule has 1 atom stereocenters. The van der Waals surface area contributed by atoms with E-state index in [4.69, 9.17) is 0 Å². The Labute approximate surface area is 94.0 Å². The Morgan fingerprint density at radius 3 is 2.71 bits per heavy atom. The zero-order chi connectivity index (χ0) is 10.6. The molecule has 1 heterocycles. The van der Waals surface area contributed by atoms with Crippen molar-refractivity contribution in [3.63, 3.8) is 0 Å². The fourth-order valence-corrected chi connectivity index (χ4v) is 2.15. The van der Waals surface area contributed by atoms with Gasteiger partial charge in [-0.05, 0) is 11.8 Å². The van der Waals surface area contributed by atoms with Gasteiger partial charge in [-0.1, -0.05) is 36.2 Å². The number of hydrogen-bond acceptors (Lipinski definition) is 2. The summed E-state index contributed by atoms with van der Waals surface area (Å²) in [6.45, 7) is 4.51. The lowest BCUT2D eigenvalue weighted by molar-refractivity contribution is 0.328. The van der Waals surface area contributed by atoms with Crippen molar-refractivity contribution < 1.29 is 0 Å². The monoisotopic (exact) mass is 259 g/mol. The predicted octanol–water partition coefficient (Wildman–Crippen LogP) is 2.56. The van der Waals surface area contributed by atoms with E-state index in [1.165, 1.54) is 12.8 Å². The molecule has 1 aromatic heterocycles. The van der Waals surface area contributed by atoms with Gasteiger partial charge in [0.1, 0.15) is 12.2 Å². The molecule has 0 saturated carbocycles. The Morgan fingerprint density at radius 2 is 2.29 bits per heavy atom. The molecule has 0 N–H and O–H groups in total. The summed E-state index contributed by atoms with van der Waals surface area (Å²) in [7, 11) is 1.95. The molecule has 0 saturated heterocycles. The van der Waals surface area contributed by atoms with Crippen LogP contribution in [0.25, 0.3) is 0 Å². The summed E-state index contributed by atoms with van der Waals surface area (Å²) < 4.78 is 1.86. The second-order valence-electron chi connectivity index (χ2n) is 4.17. The van der Waals surface area contributed by atoms with E-state index in [9.17, 15) is 0 Å². The van der Waals surface area contributed by atoms with Crippen LogP contribution in [0.3, 0.4) is 0 Å². The highest BCUT2D eigenvalue weighted by Crippen LogP contribution is 2.29. The quantitative estimate of drug-likeness (QED) is 0.762. The van der Waals surface area contributed by atoms with E-state index < -0.39 is 0 Å². The molecule has 0 amide bonds. The van der Waals surface area contributed by atoms with Gasteiger partial charge in [-0.2, -0.15) is 5.10 Å². The summed E-state index contributed by atoms with van der Waals surface area (Å²) >= 11 is 3.59. The summed E-state index contributed by atoms with van der Waals surface area (Å²) in [5.74, 6) is 1.07. The first-order chi connectivity index (χ1) is 6.61. The third-order valence-electron chi connectivity index (χ3n) is 2.57. The summed E-state index contributed by atoms with van der Waals surface area (Å²) in [4.78, 5) is 4.26. The maximum absolute atomic E-state index is 4.26. The van der Waals surface area contributed by atoms with E-state index in [1.807, 2.05) is 11.7 Å². The molecule has 0 radical (unpaired) electrons. The maximum Gasteiger partial charge on any atom is 0.138 e. The van der Waals surface area contributed by atoms with Gasteiger partial charge in [0, 0.05) is 18.8 Å². The first-order valence-electron chi connectivity index (χ1n) is 5.00. The van der Waals surface area contributed by atoms with Crippen molar-refractivity contribution in [1.82, 2.24) is 14.8 Å². The Hall–Kier alpha value is -0.380. The molecular formula is C10H18BrN3. The van der Waals surface area contributed by atoms with Crippen molar-refractivity contribution in [3.05, 3.63) is 12.2 Å². The van der Waals surface area contributed by atoms with Crippen LogP contribution in [-0.2, 0) is 13.5 Å². The lowest BCUT2D eigenvalue weighted by Crippen LogP contribution is -2.23. The minimum absolute atomic E-state index is 0.301. The van der Waals surface area contributed by atoms with E-state index >= 15 is 0 Å². The normalized spacial score (nSPS) is 15.4. The molecule has 0 aliphatic heterocycles. The summed E-state index contributed by atoms with van der Waals surface area (Å²) in [5, 5.41) is 5.10. The highest BCUT2D eigenvalue weighted by atomic mass is 79.9. The molecule has 80 valence electrons. The lowest BCUT2D eigenvalue weighted by atomic mass is 9.84. The fourth-order valence-electron chi connectivity index (χ4n) is 1.67. The van der Waals surface area contributed by atoms with Gasteiger partial charge in [0.05, 0.1) is 0 Å². The molecule has 14 heavy (non-hydrogen) atoms. The van der Waals surface area contributed by atoms with Crippen molar-refractivity contribution in [2.75, 3.05) is 5.33 Å². The van der Waals surface area contributed by atoms with E-state index in [0.717, 1.165) is 17.6 Å². The molecule has 0 fully saturated rings. The molecule has 1 unspecified atom stereocenters. The summed E-state index contributed by atoms with van der Waals surface area (Å²) in [6.07, 6.45) is 5.03. The Morgan fingerprint density at radius 1 is 1.57 bits per heavy atom. The second kappa shape index (κ2) is 4.91. The van der Waals surface area contributed by atoms with Crippen LogP contribution >= 0.6 is 15.9 Å². The summed E-state index contributed by atoms with van der Waals surface area (Å²) in [6, 6.07) is 0. The minimum Gasteiger partial charge on any atom is -0.253 e. The Bertz CT molecular complexity index is 285. The SMILES string of the molecule is CCCC(C)(CBr)Cc1ncnn1C. The van der Waals surface area contributed by atoms with Gasteiger partial charge in [-0.25, -0.2) is 4.98 Å². The number of halogens is 1. The number of aryl methyl sites for hydroxylation is 1. The van der Waals surface area contributed by atoms with Crippen LogP contribution in [0.2, 0.25) is 0 Å². The molecule has 1 aromatic rings. The standard InChI is InChI=1S/C10H18BrN3/c1-4-5-10(2,7-11)6-9-12-8-13-14(9)3/h8H,4-7H2,1-3H3. The zero-order valence-corrected chi connectivity index (χ0v) is 10.7. The number of alkyl halides is 1. The van der Waals surface area contributed by atoms with Gasteiger partial charge in [-0.3, -0.25) is 4.68 Å². The van der Waals surface area contributed by atoms with E-state index in [1.54, 1.807) is 6.33 Å². The largest absolute Gasteiger partial charge is 0.253 e. The van der Waals surface area contributed by atoms with Crippen LogP contribution in [0, 0.1) is 5.41 Å². The number of hydrogen-bond donors (Lipinski definition) is 0. The van der Waals surface area contributed by atoms with Crippen molar-refractivity contribution >= 4 is 15.9 Å². The average Bonchev–Trinajstić information content (AvgIpc) is 2.52. The van der Waals surface area contributed by atoms with Gasteiger partial charge in [0.2, 0.25) is 0 Å². The Kier molecular flexibility index (Phi) is 4.11. The summed E-state index contributed by atoms with van der Waals surface area (Å²) in [5.41, 5.74) is 0.301. The third kappa shape index (κ3) is 2.80. The fraction of sp³-hybridized carbons (Fsp3) is 0.800. The van der Waals surface area contributed by atoms with Crippen LogP contribution in [0.1, 0.15) is 32.5 Å². The average molecular weight is 260 g/mol. The number of aromatic nitrogens is 3. The third-order valence-corrected chi connectivity index (χ3v) is 3.92. The Balaban J connectivity index is 2.69. The second-order valence-corrected chi connectivity index (χ2v) is 4.73. The maximum atomic E-state index is 4.26. The van der Waals surface area contributed by atoms with E-state index in [-0.39, 0.29) is 0 Å². The zero-order valence-electron chi connectivity index (χ0n) is 9.13. The molecule has 0 spiro atoms. The predicted molar refractivity (Wildman–Crippen MR) is 61.5 cm³/mol. The smallest absolute Gasteiger partial charge is 0.138 e. The number of rotatable bonds is 5. The van der Waals surface area contributed by atoms with Gasteiger partial charge in [0.25, 0.3) is 0 Å². The molecule has 0 bridgehead atoms. The molecule has 0 aliphatic carbocycles. The first-order valence-corrected chi connectivity index (χ1v) is 6.12. The van der Waals surface area contributed by atoms with Gasteiger partial charge in [-0.15, -0.1) is 0 Å². The van der Waals surface area contributed by atoms with Crippen LogP contribution in [0.4, 0.5) is 0 Å². The molecule has 0 aliphatic rings. The first kappa shape index (κ1) is 11.7. The van der Waals surface area contributed by atoms with Crippen LogP contribution in [0.15, 0.2) is 6.33 Å². The number of nitrogens with zero attached hydrogens (tertiary/aromatic N) is 3. The highest BCUT2D eigenvalue weighted by molar-refractivity contribution is 9.09. The van der Waals surface area contributed by atoms with Crippen LogP contribution < -0.4 is 0 Å². The van der Waals surface area contributed by atoms with Gasteiger partial charge >= 0.3 is 0 Å². The van der Waals surface area contributed by atoms with Crippen molar-refractivity contribution in [2.45, 2.75) is 33.1 Å². The van der Waals surface area contributed by atoms with Crippen LogP contribution in [0.5, 0.6) is 0 Å². The topological polar surface area (TPSA) is 30.7 Å². The van der Waals surface area contributed by atoms with Gasteiger partial charge in [0.15, 0.2) is 0 Å². The molecule has 1 rings (SSSR count). The van der Waals surface area contributed by atoms with Crippen molar-refractivity contribution in [1.29, 1.82) is 0 Å². The molecular weight excluding hydrogens is 242 g/mol. The van der Waals surface area contributed by atoms with E-state index in [2.05, 4.69) is 39.9 Å². The van der Waals surface area contributed by atoms with Crippen LogP contribution in [-0.4, -0.2) is 20.1 Å². The molecule has 3 nitrogen and oxygen atoms in total. The molecule has 0 aromatic carbocycles. The lowest BCUT2D eigenvalue weighted by Gasteiger charge is -2.26. The highest BCUT2D eigenvalue weighted by Gasteiger charge is 2.24. The molecule has 4 heteroatoms. The van der Waals surface area contributed by atoms with Gasteiger partial charge < -0.3 is 0 Å². The minimum atomic E-state index is 0.301. The van der Waals surface area contributed by atoms with Crippen molar-refractivity contribution in [2.24, 2.45) is 12.5 Å².